The van der Waals surface area contributed by atoms with Gasteiger partial charge >= 0.3 is 0 Å². The number of hydrogen-bond donors (Lipinski definition) is 2. The van der Waals surface area contributed by atoms with E-state index < -0.39 is 0 Å². The Morgan fingerprint density at radius 1 is 1.28 bits per heavy atom. The summed E-state index contributed by atoms with van der Waals surface area (Å²) in [7, 11) is 0. The largest absolute Gasteiger partial charge is 0.361 e. The lowest BCUT2D eigenvalue weighted by Gasteiger charge is -2.04. The molecule has 0 amide bonds. The number of H-pyrrole nitrogens is 1. The van der Waals surface area contributed by atoms with Gasteiger partial charge in [-0.25, -0.2) is 0 Å². The van der Waals surface area contributed by atoms with Crippen LogP contribution in [-0.2, 0) is 13.0 Å². The quantitative estimate of drug-likeness (QED) is 0.670. The van der Waals surface area contributed by atoms with Crippen LogP contribution in [0.2, 0.25) is 0 Å². The fourth-order valence-corrected chi connectivity index (χ4v) is 2.03. The Morgan fingerprint density at radius 3 is 3.17 bits per heavy atom. The van der Waals surface area contributed by atoms with E-state index in [2.05, 4.69) is 49.2 Å². The highest BCUT2D eigenvalue weighted by molar-refractivity contribution is 5.82. The lowest BCUT2D eigenvalue weighted by molar-refractivity contribution is 0.409. The predicted octanol–water partition coefficient (Wildman–Crippen LogP) is 1.88. The van der Waals surface area contributed by atoms with Crippen LogP contribution in [0.25, 0.3) is 10.9 Å². The molecule has 0 unspecified atom stereocenters. The topological polar surface area (TPSA) is 66.7 Å². The molecule has 0 atom stereocenters. The molecule has 0 saturated heterocycles. The highest BCUT2D eigenvalue weighted by Gasteiger charge is 2.02. The highest BCUT2D eigenvalue weighted by atomic mass is 16.5. The van der Waals surface area contributed by atoms with Crippen molar-refractivity contribution in [2.75, 3.05) is 6.54 Å². The van der Waals surface area contributed by atoms with E-state index in [1.54, 1.807) is 0 Å². The van der Waals surface area contributed by atoms with Crippen molar-refractivity contribution in [3.8, 4) is 0 Å². The molecule has 5 heteroatoms. The molecule has 92 valence electrons. The number of nitrogens with one attached hydrogen (secondary N) is 2. The zero-order chi connectivity index (χ0) is 12.2. The van der Waals surface area contributed by atoms with E-state index in [9.17, 15) is 0 Å². The molecule has 0 aliphatic rings. The third kappa shape index (κ3) is 2.26. The summed E-state index contributed by atoms with van der Waals surface area (Å²) in [4.78, 5) is 7.19. The summed E-state index contributed by atoms with van der Waals surface area (Å²) in [6.45, 7) is 1.67. The summed E-state index contributed by atoms with van der Waals surface area (Å²) in [6, 6.07) is 8.39. The molecule has 18 heavy (non-hydrogen) atoms. The van der Waals surface area contributed by atoms with Crippen LogP contribution in [0.15, 0.2) is 41.4 Å². The molecule has 0 saturated carbocycles. The average Bonchev–Trinajstić information content (AvgIpc) is 3.05. The van der Waals surface area contributed by atoms with Gasteiger partial charge in [-0.1, -0.05) is 17.3 Å². The molecule has 1 aromatic carbocycles. The molecule has 3 rings (SSSR count). The van der Waals surface area contributed by atoms with E-state index in [4.69, 9.17) is 0 Å². The molecule has 0 fully saturated rings. The van der Waals surface area contributed by atoms with Crippen molar-refractivity contribution in [1.29, 1.82) is 0 Å². The van der Waals surface area contributed by atoms with Gasteiger partial charge in [-0.2, -0.15) is 4.98 Å². The Hall–Kier alpha value is -2.14. The van der Waals surface area contributed by atoms with Crippen LogP contribution in [-0.4, -0.2) is 21.7 Å². The van der Waals surface area contributed by atoms with Crippen molar-refractivity contribution < 1.29 is 4.52 Å². The van der Waals surface area contributed by atoms with Crippen molar-refractivity contribution in [2.24, 2.45) is 0 Å². The summed E-state index contributed by atoms with van der Waals surface area (Å²) in [5.41, 5.74) is 2.47. The Morgan fingerprint density at radius 2 is 2.28 bits per heavy atom. The molecule has 0 radical (unpaired) electrons. The lowest BCUT2D eigenvalue weighted by Crippen LogP contribution is -2.17. The van der Waals surface area contributed by atoms with E-state index in [0.717, 1.165) is 25.3 Å². The molecule has 3 aromatic rings. The summed E-state index contributed by atoms with van der Waals surface area (Å²) < 4.78 is 4.68. The average molecular weight is 242 g/mol. The Labute approximate surface area is 104 Å². The van der Waals surface area contributed by atoms with Gasteiger partial charge in [0, 0.05) is 36.6 Å². The molecular weight excluding hydrogens is 228 g/mol. The highest BCUT2D eigenvalue weighted by Crippen LogP contribution is 2.16. The fraction of sp³-hybridized carbons (Fsp3) is 0.231. The van der Waals surface area contributed by atoms with Crippen molar-refractivity contribution >= 4 is 10.9 Å². The van der Waals surface area contributed by atoms with E-state index >= 15 is 0 Å². The molecule has 0 bridgehead atoms. The van der Waals surface area contributed by atoms with Crippen LogP contribution in [0, 0.1) is 0 Å². The lowest BCUT2D eigenvalue weighted by atomic mass is 10.1. The molecule has 2 N–H and O–H groups in total. The Balaban J connectivity index is 1.58. The van der Waals surface area contributed by atoms with Gasteiger partial charge in [0.05, 0.1) is 0 Å². The minimum absolute atomic E-state index is 0.738. The van der Waals surface area contributed by atoms with Crippen molar-refractivity contribution in [3.05, 3.63) is 48.2 Å². The zero-order valence-electron chi connectivity index (χ0n) is 9.89. The SMILES string of the molecule is c1cc(CNCCc2ncon2)c2cc[nH]c2c1. The van der Waals surface area contributed by atoms with Crippen LogP contribution in [0.1, 0.15) is 11.4 Å². The smallest absolute Gasteiger partial charge is 0.213 e. The first-order chi connectivity index (χ1) is 8.93. The third-order valence-electron chi connectivity index (χ3n) is 2.93. The molecule has 2 heterocycles. The first-order valence-electron chi connectivity index (χ1n) is 5.94. The standard InChI is InChI=1S/C13H14N4O/c1-2-10(11-4-7-15-12(11)3-1)8-14-6-5-13-16-9-18-17-13/h1-4,7,9,14-15H,5-6,8H2. The van der Waals surface area contributed by atoms with Gasteiger partial charge in [0.1, 0.15) is 0 Å². The van der Waals surface area contributed by atoms with Gasteiger partial charge in [-0.3, -0.25) is 0 Å². The second-order valence-corrected chi connectivity index (χ2v) is 4.13. The van der Waals surface area contributed by atoms with Crippen molar-refractivity contribution in [2.45, 2.75) is 13.0 Å². The number of hydrogen-bond acceptors (Lipinski definition) is 4. The summed E-state index contributed by atoms with van der Waals surface area (Å²) in [5, 5.41) is 8.43. The van der Waals surface area contributed by atoms with Crippen LogP contribution in [0.5, 0.6) is 0 Å². The molecule has 0 aliphatic carbocycles. The van der Waals surface area contributed by atoms with Crippen LogP contribution < -0.4 is 5.32 Å². The number of nitrogens with zero attached hydrogens (tertiary/aromatic N) is 2. The molecular formula is C13H14N4O. The second kappa shape index (κ2) is 5.01. The van der Waals surface area contributed by atoms with Gasteiger partial charge in [0.2, 0.25) is 6.39 Å². The minimum atomic E-state index is 0.738. The number of aromatic amines is 1. The maximum absolute atomic E-state index is 4.68. The Bertz CT molecular complexity index is 615. The van der Waals surface area contributed by atoms with Gasteiger partial charge < -0.3 is 14.8 Å². The van der Waals surface area contributed by atoms with E-state index in [1.165, 1.54) is 22.9 Å². The molecule has 0 spiro atoms. The van der Waals surface area contributed by atoms with Gasteiger partial charge in [-0.15, -0.1) is 0 Å². The van der Waals surface area contributed by atoms with Crippen LogP contribution >= 0.6 is 0 Å². The monoisotopic (exact) mass is 242 g/mol. The van der Waals surface area contributed by atoms with E-state index in [0.29, 0.717) is 0 Å². The van der Waals surface area contributed by atoms with Gasteiger partial charge in [-0.05, 0) is 17.7 Å². The number of rotatable bonds is 5. The number of aromatic nitrogens is 3. The normalized spacial score (nSPS) is 11.1. The second-order valence-electron chi connectivity index (χ2n) is 4.13. The third-order valence-corrected chi connectivity index (χ3v) is 2.93. The number of benzene rings is 1. The molecule has 2 aromatic heterocycles. The maximum Gasteiger partial charge on any atom is 0.213 e. The summed E-state index contributed by atoms with van der Waals surface area (Å²) in [6.07, 6.45) is 4.10. The van der Waals surface area contributed by atoms with Crippen LogP contribution in [0.4, 0.5) is 0 Å². The van der Waals surface area contributed by atoms with E-state index in [-0.39, 0.29) is 0 Å². The first kappa shape index (κ1) is 11.0. The zero-order valence-corrected chi connectivity index (χ0v) is 9.89. The molecule has 0 aliphatic heterocycles. The van der Waals surface area contributed by atoms with Crippen molar-refractivity contribution in [3.63, 3.8) is 0 Å². The fourth-order valence-electron chi connectivity index (χ4n) is 2.03. The summed E-state index contributed by atoms with van der Waals surface area (Å²) in [5.74, 6) is 0.738. The van der Waals surface area contributed by atoms with Crippen molar-refractivity contribution in [1.82, 2.24) is 20.4 Å². The Kier molecular flexibility index (Phi) is 3.06. The maximum atomic E-state index is 4.68. The van der Waals surface area contributed by atoms with Crippen LogP contribution in [0.3, 0.4) is 0 Å². The van der Waals surface area contributed by atoms with E-state index in [1.807, 2.05) is 6.20 Å². The summed E-state index contributed by atoms with van der Waals surface area (Å²) >= 11 is 0. The first-order valence-corrected chi connectivity index (χ1v) is 5.94. The van der Waals surface area contributed by atoms with Gasteiger partial charge in [0.15, 0.2) is 5.82 Å². The number of fused-ring (bicyclic) bond motifs is 1. The molecule has 5 nitrogen and oxygen atoms in total. The van der Waals surface area contributed by atoms with Gasteiger partial charge in [0.25, 0.3) is 0 Å². The minimum Gasteiger partial charge on any atom is -0.361 e. The predicted molar refractivity (Wildman–Crippen MR) is 68.0 cm³/mol.